The van der Waals surface area contributed by atoms with Crippen molar-refractivity contribution in [2.75, 3.05) is 0 Å². The van der Waals surface area contributed by atoms with E-state index in [1.165, 1.54) is 4.88 Å². The predicted molar refractivity (Wildman–Crippen MR) is 78.0 cm³/mol. The van der Waals surface area contributed by atoms with Crippen LogP contribution in [0.1, 0.15) is 46.9 Å². The molecular formula is C15H17N3S. The molecule has 0 aliphatic heterocycles. The highest BCUT2D eigenvalue weighted by Crippen LogP contribution is 2.23. The lowest BCUT2D eigenvalue weighted by Gasteiger charge is -2.19. The summed E-state index contributed by atoms with van der Waals surface area (Å²) in [5, 5.41) is 13.5. The van der Waals surface area contributed by atoms with Crippen LogP contribution in [-0.2, 0) is 0 Å². The Kier molecular flexibility index (Phi) is 4.31. The fourth-order valence-electron chi connectivity index (χ4n) is 1.99. The predicted octanol–water partition coefficient (Wildman–Crippen LogP) is 3.74. The quantitative estimate of drug-likeness (QED) is 0.921. The fourth-order valence-corrected chi connectivity index (χ4v) is 2.78. The molecule has 0 bridgehead atoms. The zero-order valence-corrected chi connectivity index (χ0v) is 12.2. The molecule has 2 rings (SSSR count). The van der Waals surface area contributed by atoms with Gasteiger partial charge in [0.25, 0.3) is 0 Å². The summed E-state index contributed by atoms with van der Waals surface area (Å²) in [6.07, 6.45) is 1.90. The van der Waals surface area contributed by atoms with Gasteiger partial charge >= 0.3 is 0 Å². The topological polar surface area (TPSA) is 48.7 Å². The molecule has 3 nitrogen and oxygen atoms in total. The van der Waals surface area contributed by atoms with Gasteiger partial charge in [0.1, 0.15) is 5.01 Å². The van der Waals surface area contributed by atoms with Crippen molar-refractivity contribution in [2.24, 2.45) is 0 Å². The number of thiazole rings is 1. The van der Waals surface area contributed by atoms with E-state index >= 15 is 0 Å². The molecule has 2 atom stereocenters. The standard InChI is InChI=1S/C15H17N3S/c1-10-9-17-15(19-10)12(3)18-11(2)14-6-4-5-13(7-14)8-16/h4-7,9,11-12,18H,1-3H3. The third-order valence-corrected chi connectivity index (χ3v) is 4.12. The Hall–Kier alpha value is -1.70. The van der Waals surface area contributed by atoms with Gasteiger partial charge in [-0.25, -0.2) is 4.98 Å². The maximum atomic E-state index is 8.93. The van der Waals surface area contributed by atoms with Gasteiger partial charge in [-0.3, -0.25) is 0 Å². The summed E-state index contributed by atoms with van der Waals surface area (Å²) in [4.78, 5) is 5.62. The molecule has 0 aliphatic rings. The summed E-state index contributed by atoms with van der Waals surface area (Å²) >= 11 is 1.71. The van der Waals surface area contributed by atoms with Gasteiger partial charge in [0.15, 0.2) is 0 Å². The van der Waals surface area contributed by atoms with E-state index in [0.717, 1.165) is 10.6 Å². The van der Waals surface area contributed by atoms with Crippen LogP contribution in [0.2, 0.25) is 0 Å². The van der Waals surface area contributed by atoms with Crippen LogP contribution < -0.4 is 5.32 Å². The number of rotatable bonds is 4. The summed E-state index contributed by atoms with van der Waals surface area (Å²) < 4.78 is 0. The highest BCUT2D eigenvalue weighted by molar-refractivity contribution is 7.11. The monoisotopic (exact) mass is 271 g/mol. The van der Waals surface area contributed by atoms with Crippen molar-refractivity contribution in [3.05, 3.63) is 51.5 Å². The van der Waals surface area contributed by atoms with Crippen LogP contribution in [0.5, 0.6) is 0 Å². The van der Waals surface area contributed by atoms with E-state index in [-0.39, 0.29) is 12.1 Å². The Bertz CT molecular complexity index is 597. The highest BCUT2D eigenvalue weighted by Gasteiger charge is 2.13. The first-order valence-electron chi connectivity index (χ1n) is 6.28. The van der Waals surface area contributed by atoms with Crippen LogP contribution in [0.15, 0.2) is 30.5 Å². The summed E-state index contributed by atoms with van der Waals surface area (Å²) in [6, 6.07) is 10.3. The Morgan fingerprint density at radius 2 is 2.11 bits per heavy atom. The first kappa shape index (κ1) is 13.7. The smallest absolute Gasteiger partial charge is 0.109 e. The van der Waals surface area contributed by atoms with Gasteiger partial charge in [0.05, 0.1) is 17.7 Å². The van der Waals surface area contributed by atoms with Crippen molar-refractivity contribution in [2.45, 2.75) is 32.9 Å². The van der Waals surface area contributed by atoms with E-state index in [2.05, 4.69) is 37.1 Å². The van der Waals surface area contributed by atoms with Crippen molar-refractivity contribution in [3.63, 3.8) is 0 Å². The molecule has 1 aromatic carbocycles. The maximum absolute atomic E-state index is 8.93. The van der Waals surface area contributed by atoms with Gasteiger partial charge in [0, 0.05) is 17.1 Å². The van der Waals surface area contributed by atoms with Gasteiger partial charge in [0.2, 0.25) is 0 Å². The van der Waals surface area contributed by atoms with Crippen LogP contribution in [0.25, 0.3) is 0 Å². The number of nitrogens with zero attached hydrogens (tertiary/aromatic N) is 2. The lowest BCUT2D eigenvalue weighted by Crippen LogP contribution is -2.22. The number of aromatic nitrogens is 1. The number of aryl methyl sites for hydroxylation is 1. The Morgan fingerprint density at radius 3 is 2.74 bits per heavy atom. The number of hydrogen-bond acceptors (Lipinski definition) is 4. The first-order chi connectivity index (χ1) is 9.10. The number of nitriles is 1. The second kappa shape index (κ2) is 5.96. The van der Waals surface area contributed by atoms with Gasteiger partial charge in [-0.15, -0.1) is 11.3 Å². The molecule has 0 spiro atoms. The molecule has 1 aromatic heterocycles. The molecule has 2 aromatic rings. The van der Waals surface area contributed by atoms with Crippen LogP contribution in [0.3, 0.4) is 0 Å². The molecule has 1 heterocycles. The third kappa shape index (κ3) is 3.40. The van der Waals surface area contributed by atoms with E-state index in [9.17, 15) is 0 Å². The van der Waals surface area contributed by atoms with Crippen LogP contribution >= 0.6 is 11.3 Å². The lowest BCUT2D eigenvalue weighted by atomic mass is 10.1. The van der Waals surface area contributed by atoms with Crippen LogP contribution in [0, 0.1) is 18.3 Å². The minimum atomic E-state index is 0.188. The zero-order valence-electron chi connectivity index (χ0n) is 11.3. The molecule has 0 fully saturated rings. The van der Waals surface area contributed by atoms with Crippen molar-refractivity contribution in [1.29, 1.82) is 5.26 Å². The maximum Gasteiger partial charge on any atom is 0.109 e. The van der Waals surface area contributed by atoms with E-state index in [1.54, 1.807) is 11.3 Å². The summed E-state index contributed by atoms with van der Waals surface area (Å²) in [5.41, 5.74) is 1.82. The minimum absolute atomic E-state index is 0.188. The van der Waals surface area contributed by atoms with Crippen LogP contribution in [0.4, 0.5) is 0 Å². The van der Waals surface area contributed by atoms with Gasteiger partial charge < -0.3 is 5.32 Å². The summed E-state index contributed by atoms with van der Waals surface area (Å²) in [6.45, 7) is 6.28. The molecule has 0 aliphatic carbocycles. The molecule has 0 saturated carbocycles. The second-order valence-electron chi connectivity index (χ2n) is 4.66. The largest absolute Gasteiger partial charge is 0.302 e. The van der Waals surface area contributed by atoms with Gasteiger partial charge in [-0.05, 0) is 38.5 Å². The average Bonchev–Trinajstić information content (AvgIpc) is 2.85. The summed E-state index contributed by atoms with van der Waals surface area (Å²) in [7, 11) is 0. The lowest BCUT2D eigenvalue weighted by molar-refractivity contribution is 0.493. The van der Waals surface area contributed by atoms with E-state index in [1.807, 2.05) is 30.5 Å². The van der Waals surface area contributed by atoms with E-state index in [4.69, 9.17) is 5.26 Å². The molecular weight excluding hydrogens is 254 g/mol. The third-order valence-electron chi connectivity index (χ3n) is 3.03. The van der Waals surface area contributed by atoms with Crippen molar-refractivity contribution in [1.82, 2.24) is 10.3 Å². The van der Waals surface area contributed by atoms with Crippen molar-refractivity contribution >= 4 is 11.3 Å². The molecule has 98 valence electrons. The number of benzene rings is 1. The molecule has 0 amide bonds. The normalized spacial score (nSPS) is 13.8. The molecule has 19 heavy (non-hydrogen) atoms. The highest BCUT2D eigenvalue weighted by atomic mass is 32.1. The Morgan fingerprint density at radius 1 is 1.32 bits per heavy atom. The number of nitrogens with one attached hydrogen (secondary N) is 1. The van der Waals surface area contributed by atoms with Crippen molar-refractivity contribution < 1.29 is 0 Å². The van der Waals surface area contributed by atoms with E-state index in [0.29, 0.717) is 5.56 Å². The second-order valence-corrected chi connectivity index (χ2v) is 5.92. The fraction of sp³-hybridized carbons (Fsp3) is 0.333. The van der Waals surface area contributed by atoms with Gasteiger partial charge in [-0.1, -0.05) is 12.1 Å². The van der Waals surface area contributed by atoms with Crippen LogP contribution in [-0.4, -0.2) is 4.98 Å². The Labute approximate surface area is 117 Å². The SMILES string of the molecule is Cc1cnc(C(C)NC(C)c2cccc(C#N)c2)s1. The van der Waals surface area contributed by atoms with Gasteiger partial charge in [-0.2, -0.15) is 5.26 Å². The zero-order chi connectivity index (χ0) is 13.8. The molecule has 4 heteroatoms. The minimum Gasteiger partial charge on any atom is -0.302 e. The summed E-state index contributed by atoms with van der Waals surface area (Å²) in [5.74, 6) is 0. The van der Waals surface area contributed by atoms with E-state index < -0.39 is 0 Å². The molecule has 0 radical (unpaired) electrons. The Balaban J connectivity index is 2.08. The molecule has 1 N–H and O–H groups in total. The van der Waals surface area contributed by atoms with Crippen molar-refractivity contribution in [3.8, 4) is 6.07 Å². The number of hydrogen-bond donors (Lipinski definition) is 1. The first-order valence-corrected chi connectivity index (χ1v) is 7.10. The molecule has 2 unspecified atom stereocenters. The molecule has 0 saturated heterocycles. The average molecular weight is 271 g/mol.